The number of rotatable bonds is 2. The normalized spacial score (nSPS) is 10.2. The van der Waals surface area contributed by atoms with Crippen molar-refractivity contribution >= 4 is 10.4 Å². The number of hydrogen-bond acceptors (Lipinski definition) is 4. The summed E-state index contributed by atoms with van der Waals surface area (Å²) in [6.07, 6.45) is 5.08. The molecule has 0 spiro atoms. The van der Waals surface area contributed by atoms with Crippen LogP contribution in [0, 0.1) is 0 Å². The van der Waals surface area contributed by atoms with Crippen molar-refractivity contribution < 1.29 is 17.2 Å². The lowest BCUT2D eigenvalue weighted by atomic mass is 10.9. The third-order valence-corrected chi connectivity index (χ3v) is 1.21. The Kier molecular flexibility index (Phi) is 5.26. The van der Waals surface area contributed by atoms with Crippen LogP contribution in [0.5, 0.6) is 0 Å². The number of nitrogens with zero attached hydrogens (tertiary/aromatic N) is 1. The van der Waals surface area contributed by atoms with Crippen LogP contribution >= 0.6 is 0 Å². The van der Waals surface area contributed by atoms with Crippen molar-refractivity contribution in [3.8, 4) is 0 Å². The number of imidazole rings is 1. The number of hydrogen-bond donors (Lipinski definition) is 2. The van der Waals surface area contributed by atoms with Gasteiger partial charge in [-0.05, 0) is 6.92 Å². The molecule has 0 aliphatic rings. The van der Waals surface area contributed by atoms with Crippen molar-refractivity contribution in [3.63, 3.8) is 0 Å². The standard InChI is InChI=1S/C3H4N2.C2H6O4S/c1-2-5-3-4-1;1-2-6-7(3,4)5/h1-3H,(H,4,5);2H2,1H3,(H,3,4,5). The highest BCUT2D eigenvalue weighted by Gasteiger charge is 1.98. The highest BCUT2D eigenvalue weighted by atomic mass is 32.3. The van der Waals surface area contributed by atoms with Crippen LogP contribution in [0.2, 0.25) is 0 Å². The van der Waals surface area contributed by atoms with Gasteiger partial charge in [-0.25, -0.2) is 9.17 Å². The van der Waals surface area contributed by atoms with Gasteiger partial charge in [-0.1, -0.05) is 0 Å². The molecule has 12 heavy (non-hydrogen) atoms. The maximum atomic E-state index is 9.56. The second-order valence-corrected chi connectivity index (χ2v) is 2.69. The lowest BCUT2D eigenvalue weighted by Crippen LogP contribution is -2.01. The van der Waals surface area contributed by atoms with Crippen LogP contribution in [0.15, 0.2) is 18.7 Å². The van der Waals surface area contributed by atoms with E-state index in [2.05, 4.69) is 14.2 Å². The summed E-state index contributed by atoms with van der Waals surface area (Å²) in [5.41, 5.74) is 0. The fraction of sp³-hybridized carbons (Fsp3) is 0.400. The first-order chi connectivity index (χ1) is 5.56. The molecule has 0 aliphatic heterocycles. The van der Waals surface area contributed by atoms with E-state index in [9.17, 15) is 8.42 Å². The minimum Gasteiger partial charge on any atom is -0.351 e. The second kappa shape index (κ2) is 5.70. The smallest absolute Gasteiger partial charge is 0.351 e. The van der Waals surface area contributed by atoms with Gasteiger partial charge >= 0.3 is 10.4 Å². The molecule has 0 saturated carbocycles. The third kappa shape index (κ3) is 9.08. The first-order valence-corrected chi connectivity index (χ1v) is 4.47. The molecule has 0 saturated heterocycles. The van der Waals surface area contributed by atoms with Crippen LogP contribution in [0.3, 0.4) is 0 Å². The van der Waals surface area contributed by atoms with E-state index in [0.717, 1.165) is 0 Å². The minimum atomic E-state index is -4.17. The van der Waals surface area contributed by atoms with Crippen LogP contribution < -0.4 is 0 Å². The van der Waals surface area contributed by atoms with Crippen LogP contribution in [0.1, 0.15) is 6.92 Å². The van der Waals surface area contributed by atoms with Crippen LogP contribution in [0.4, 0.5) is 0 Å². The molecule has 0 aliphatic carbocycles. The largest absolute Gasteiger partial charge is 0.397 e. The molecule has 1 heterocycles. The highest BCUT2D eigenvalue weighted by Crippen LogP contribution is 1.81. The molecule has 0 amide bonds. The number of aromatic amines is 1. The Hall–Kier alpha value is -0.920. The van der Waals surface area contributed by atoms with Gasteiger partial charge in [0.15, 0.2) is 0 Å². The predicted molar refractivity (Wildman–Crippen MR) is 41.8 cm³/mol. The highest BCUT2D eigenvalue weighted by molar-refractivity contribution is 7.80. The molecule has 0 aromatic carbocycles. The fourth-order valence-corrected chi connectivity index (χ4v) is 0.662. The van der Waals surface area contributed by atoms with Crippen molar-refractivity contribution in [3.05, 3.63) is 18.7 Å². The van der Waals surface area contributed by atoms with Gasteiger partial charge in [-0.15, -0.1) is 0 Å². The molecular formula is C5H10N2O4S. The summed E-state index contributed by atoms with van der Waals surface area (Å²) in [7, 11) is -4.17. The lowest BCUT2D eigenvalue weighted by molar-refractivity contribution is 0.283. The fourth-order valence-electron chi connectivity index (χ4n) is 0.364. The average molecular weight is 194 g/mol. The Labute approximate surface area is 70.5 Å². The quantitative estimate of drug-likeness (QED) is 0.658. The summed E-state index contributed by atoms with van der Waals surface area (Å²) in [6, 6.07) is 0. The van der Waals surface area contributed by atoms with Gasteiger partial charge in [-0.2, -0.15) is 8.42 Å². The van der Waals surface area contributed by atoms with Crippen molar-refractivity contribution in [1.82, 2.24) is 9.97 Å². The molecule has 0 bridgehead atoms. The topological polar surface area (TPSA) is 92.3 Å². The number of nitrogens with one attached hydrogen (secondary N) is 1. The van der Waals surface area contributed by atoms with Gasteiger partial charge in [0.1, 0.15) is 0 Å². The second-order valence-electron chi connectivity index (χ2n) is 1.59. The average Bonchev–Trinajstić information content (AvgIpc) is 2.38. The summed E-state index contributed by atoms with van der Waals surface area (Å²) < 4.78 is 30.7. The molecule has 1 aromatic heterocycles. The van der Waals surface area contributed by atoms with Crippen LogP contribution in [-0.4, -0.2) is 29.5 Å². The van der Waals surface area contributed by atoms with Gasteiger partial charge in [-0.3, -0.25) is 4.55 Å². The van der Waals surface area contributed by atoms with Crippen LogP contribution in [0.25, 0.3) is 0 Å². The Morgan fingerprint density at radius 3 is 2.42 bits per heavy atom. The molecule has 0 unspecified atom stereocenters. The van der Waals surface area contributed by atoms with Gasteiger partial charge in [0, 0.05) is 12.4 Å². The molecule has 0 fully saturated rings. The van der Waals surface area contributed by atoms with E-state index in [-0.39, 0.29) is 6.61 Å². The van der Waals surface area contributed by atoms with Crippen molar-refractivity contribution in [1.29, 1.82) is 0 Å². The van der Waals surface area contributed by atoms with Gasteiger partial charge in [0.25, 0.3) is 0 Å². The van der Waals surface area contributed by atoms with E-state index in [1.165, 1.54) is 6.92 Å². The lowest BCUT2D eigenvalue weighted by Gasteiger charge is -1.88. The van der Waals surface area contributed by atoms with Crippen molar-refractivity contribution in [2.75, 3.05) is 6.61 Å². The third-order valence-electron chi connectivity index (χ3n) is 0.673. The summed E-state index contributed by atoms with van der Waals surface area (Å²) in [5.74, 6) is 0. The van der Waals surface area contributed by atoms with E-state index in [1.807, 2.05) is 0 Å². The molecule has 1 aromatic rings. The maximum Gasteiger partial charge on any atom is 0.397 e. The zero-order valence-electron chi connectivity index (χ0n) is 6.47. The summed E-state index contributed by atoms with van der Waals surface area (Å²) in [6.45, 7) is 1.44. The number of aromatic nitrogens is 2. The Balaban J connectivity index is 0.000000211. The van der Waals surface area contributed by atoms with E-state index in [0.29, 0.717) is 0 Å². The van der Waals surface area contributed by atoms with E-state index in [4.69, 9.17) is 4.55 Å². The van der Waals surface area contributed by atoms with E-state index >= 15 is 0 Å². The summed E-state index contributed by atoms with van der Waals surface area (Å²) in [4.78, 5) is 6.42. The summed E-state index contributed by atoms with van der Waals surface area (Å²) in [5, 5.41) is 0. The first kappa shape index (κ1) is 11.1. The van der Waals surface area contributed by atoms with E-state index in [1.54, 1.807) is 18.7 Å². The molecule has 0 atom stereocenters. The molecule has 6 nitrogen and oxygen atoms in total. The Morgan fingerprint density at radius 2 is 2.33 bits per heavy atom. The number of H-pyrrole nitrogens is 1. The zero-order chi connectivity index (χ0) is 9.45. The van der Waals surface area contributed by atoms with Gasteiger partial charge in [0.2, 0.25) is 0 Å². The molecule has 1 rings (SSSR count). The Bertz CT molecular complexity index is 250. The Morgan fingerprint density at radius 1 is 1.67 bits per heavy atom. The minimum absolute atomic E-state index is 0.0289. The van der Waals surface area contributed by atoms with Crippen molar-refractivity contribution in [2.24, 2.45) is 0 Å². The zero-order valence-corrected chi connectivity index (χ0v) is 7.28. The molecular weight excluding hydrogens is 184 g/mol. The maximum absolute atomic E-state index is 9.56. The monoisotopic (exact) mass is 194 g/mol. The SMILES string of the molecule is CCOS(=O)(=O)O.c1c[nH]cn1. The van der Waals surface area contributed by atoms with E-state index < -0.39 is 10.4 Å². The molecule has 2 N–H and O–H groups in total. The molecule has 70 valence electrons. The van der Waals surface area contributed by atoms with Crippen molar-refractivity contribution in [2.45, 2.75) is 6.92 Å². The van der Waals surface area contributed by atoms with Gasteiger partial charge in [0.05, 0.1) is 12.9 Å². The summed E-state index contributed by atoms with van der Waals surface area (Å²) >= 11 is 0. The first-order valence-electron chi connectivity index (χ1n) is 3.11. The molecule has 7 heteroatoms. The molecule has 0 radical (unpaired) electrons. The van der Waals surface area contributed by atoms with Gasteiger partial charge < -0.3 is 4.98 Å². The van der Waals surface area contributed by atoms with Crippen LogP contribution in [-0.2, 0) is 14.6 Å². The predicted octanol–water partition coefficient (Wildman–Crippen LogP) is 0.235.